The van der Waals surface area contributed by atoms with Gasteiger partial charge >= 0.3 is 0 Å². The fourth-order valence-corrected chi connectivity index (χ4v) is 1.24. The average molecular weight is 203 g/mol. The minimum absolute atomic E-state index is 0.159. The average Bonchev–Trinajstić information content (AvgIpc) is 2.21. The smallest absolute Gasteiger partial charge is 0.237 e. The molecule has 4 heteroatoms. The summed E-state index contributed by atoms with van der Waals surface area (Å²) in [5.41, 5.74) is 1.44. The van der Waals surface area contributed by atoms with Gasteiger partial charge in [0.25, 0.3) is 0 Å². The van der Waals surface area contributed by atoms with Gasteiger partial charge in [-0.15, -0.1) is 0 Å². The highest BCUT2D eigenvalue weighted by Gasteiger charge is 2.09. The van der Waals surface area contributed by atoms with Gasteiger partial charge in [0, 0.05) is 6.92 Å². The Morgan fingerprint density at radius 2 is 2.00 bits per heavy atom. The molecule has 0 saturated heterocycles. The van der Waals surface area contributed by atoms with Gasteiger partial charge < -0.3 is 0 Å². The van der Waals surface area contributed by atoms with Crippen LogP contribution in [0.4, 0.5) is 5.69 Å². The van der Waals surface area contributed by atoms with Gasteiger partial charge in [0.15, 0.2) is 6.19 Å². The van der Waals surface area contributed by atoms with Gasteiger partial charge in [-0.05, 0) is 24.1 Å². The van der Waals surface area contributed by atoms with Crippen LogP contribution in [0.2, 0.25) is 0 Å². The fourth-order valence-electron chi connectivity index (χ4n) is 1.24. The summed E-state index contributed by atoms with van der Waals surface area (Å²) in [7, 11) is 0. The van der Waals surface area contributed by atoms with Crippen LogP contribution in [0.5, 0.6) is 0 Å². The molecule has 0 heterocycles. The van der Waals surface area contributed by atoms with Crippen LogP contribution in [-0.2, 0) is 16.3 Å². The van der Waals surface area contributed by atoms with Crippen molar-refractivity contribution in [3.63, 3.8) is 0 Å². The van der Waals surface area contributed by atoms with E-state index in [4.69, 9.17) is 5.26 Å². The summed E-state index contributed by atoms with van der Waals surface area (Å²) in [5, 5.41) is 19.1. The van der Waals surface area contributed by atoms with E-state index in [1.165, 1.54) is 6.92 Å². The molecule has 1 aromatic carbocycles. The van der Waals surface area contributed by atoms with Crippen LogP contribution in [0.3, 0.4) is 0 Å². The topological polar surface area (TPSA) is 64.0 Å². The van der Waals surface area contributed by atoms with Crippen LogP contribution < -0.4 is 4.90 Å². The largest absolute Gasteiger partial charge is 0.274 e. The van der Waals surface area contributed by atoms with E-state index in [9.17, 15) is 9.90 Å². The van der Waals surface area contributed by atoms with E-state index in [0.29, 0.717) is 12.1 Å². The van der Waals surface area contributed by atoms with Crippen LogP contribution in [0.15, 0.2) is 24.3 Å². The molecule has 0 aliphatic heterocycles. The molecule has 0 N–H and O–H groups in total. The molecule has 1 amide bonds. The summed E-state index contributed by atoms with van der Waals surface area (Å²) in [6.45, 7) is 1.17. The van der Waals surface area contributed by atoms with E-state index >= 15 is 0 Å². The Bertz CT molecular complexity index is 379. The summed E-state index contributed by atoms with van der Waals surface area (Å²) in [5.74, 6) is -0.325. The molecule has 77 valence electrons. The van der Waals surface area contributed by atoms with Crippen molar-refractivity contribution < 1.29 is 9.90 Å². The lowest BCUT2D eigenvalue weighted by molar-refractivity contribution is -0.115. The normalized spacial score (nSPS) is 9.40. The summed E-state index contributed by atoms with van der Waals surface area (Å²) in [4.78, 5) is 12.0. The second kappa shape index (κ2) is 5.13. The number of nitriles is 1. The lowest BCUT2D eigenvalue weighted by Crippen LogP contribution is -2.22. The lowest BCUT2D eigenvalue weighted by Gasteiger charge is -2.11. The number of anilines is 1. The second-order valence-electron chi connectivity index (χ2n) is 3.07. The SMILES string of the molecule is CC(=O)N(C#N)c1ccc(CC[O])cc1. The van der Waals surface area contributed by atoms with Crippen LogP contribution in [-0.4, -0.2) is 12.5 Å². The Kier molecular flexibility index (Phi) is 3.83. The van der Waals surface area contributed by atoms with Crippen molar-refractivity contribution in [1.82, 2.24) is 0 Å². The Morgan fingerprint density at radius 1 is 1.40 bits per heavy atom. The van der Waals surface area contributed by atoms with Crippen LogP contribution >= 0.6 is 0 Å². The highest BCUT2D eigenvalue weighted by atomic mass is 16.2. The number of carbonyl (C=O) groups excluding carboxylic acids is 1. The van der Waals surface area contributed by atoms with Crippen LogP contribution in [0.25, 0.3) is 0 Å². The molecule has 0 bridgehead atoms. The molecule has 0 aromatic heterocycles. The van der Waals surface area contributed by atoms with Crippen molar-refractivity contribution in [3.8, 4) is 6.19 Å². The molecule has 0 saturated carbocycles. The quantitative estimate of drug-likeness (QED) is 0.552. The van der Waals surface area contributed by atoms with Crippen molar-refractivity contribution in [2.75, 3.05) is 11.5 Å². The number of rotatable bonds is 3. The van der Waals surface area contributed by atoms with Gasteiger partial charge in [0.2, 0.25) is 5.91 Å². The first-order valence-electron chi connectivity index (χ1n) is 4.56. The molecule has 0 spiro atoms. The fraction of sp³-hybridized carbons (Fsp3) is 0.273. The van der Waals surface area contributed by atoms with Gasteiger partial charge in [-0.3, -0.25) is 4.79 Å². The predicted molar refractivity (Wildman–Crippen MR) is 54.5 cm³/mol. The molecule has 0 aliphatic rings. The monoisotopic (exact) mass is 203 g/mol. The van der Waals surface area contributed by atoms with Crippen molar-refractivity contribution in [2.24, 2.45) is 0 Å². The number of hydrogen-bond acceptors (Lipinski definition) is 2. The molecule has 0 aliphatic carbocycles. The Balaban J connectivity index is 2.88. The minimum Gasteiger partial charge on any atom is -0.274 e. The maximum Gasteiger partial charge on any atom is 0.237 e. The van der Waals surface area contributed by atoms with Crippen LogP contribution in [0.1, 0.15) is 12.5 Å². The molecule has 0 atom stereocenters. The third-order valence-electron chi connectivity index (χ3n) is 2.00. The van der Waals surface area contributed by atoms with Gasteiger partial charge in [0.05, 0.1) is 12.3 Å². The molecular weight excluding hydrogens is 192 g/mol. The number of nitrogens with zero attached hydrogens (tertiary/aromatic N) is 2. The van der Waals surface area contributed by atoms with Crippen LogP contribution in [0, 0.1) is 11.5 Å². The summed E-state index contributed by atoms with van der Waals surface area (Å²) in [6.07, 6.45) is 2.26. The second-order valence-corrected chi connectivity index (χ2v) is 3.07. The predicted octanol–water partition coefficient (Wildman–Crippen LogP) is 1.49. The van der Waals surface area contributed by atoms with Crippen molar-refractivity contribution >= 4 is 11.6 Å². The minimum atomic E-state index is -0.325. The summed E-state index contributed by atoms with van der Waals surface area (Å²) < 4.78 is 0. The first-order chi connectivity index (χ1) is 7.19. The number of amides is 1. The highest BCUT2D eigenvalue weighted by molar-refractivity contribution is 5.94. The zero-order valence-electron chi connectivity index (χ0n) is 8.43. The van der Waals surface area contributed by atoms with Crippen molar-refractivity contribution in [2.45, 2.75) is 13.3 Å². The molecular formula is C11H11N2O2. The van der Waals surface area contributed by atoms with E-state index < -0.39 is 0 Å². The molecule has 1 aromatic rings. The van der Waals surface area contributed by atoms with Crippen molar-refractivity contribution in [1.29, 1.82) is 5.26 Å². The Hall–Kier alpha value is -1.86. The first-order valence-corrected chi connectivity index (χ1v) is 4.56. The zero-order chi connectivity index (χ0) is 11.3. The molecule has 1 radical (unpaired) electrons. The summed E-state index contributed by atoms with van der Waals surface area (Å²) >= 11 is 0. The van der Waals surface area contributed by atoms with Gasteiger partial charge in [0.1, 0.15) is 0 Å². The third kappa shape index (κ3) is 2.79. The maximum atomic E-state index is 11.0. The van der Waals surface area contributed by atoms with E-state index in [2.05, 4.69) is 0 Å². The molecule has 0 unspecified atom stereocenters. The van der Waals surface area contributed by atoms with Crippen molar-refractivity contribution in [3.05, 3.63) is 29.8 Å². The highest BCUT2D eigenvalue weighted by Crippen LogP contribution is 2.14. The van der Waals surface area contributed by atoms with Gasteiger partial charge in [-0.2, -0.15) is 5.26 Å². The number of hydrogen-bond donors (Lipinski definition) is 0. The number of benzene rings is 1. The van der Waals surface area contributed by atoms with Gasteiger partial charge in [-0.1, -0.05) is 12.1 Å². The molecule has 0 fully saturated rings. The van der Waals surface area contributed by atoms with E-state index in [1.807, 2.05) is 0 Å². The summed E-state index contributed by atoms with van der Waals surface area (Å²) in [6, 6.07) is 6.83. The number of carbonyl (C=O) groups is 1. The van der Waals surface area contributed by atoms with E-state index in [-0.39, 0.29) is 12.5 Å². The third-order valence-corrected chi connectivity index (χ3v) is 2.00. The van der Waals surface area contributed by atoms with Gasteiger partial charge in [-0.25, -0.2) is 10.0 Å². The van der Waals surface area contributed by atoms with E-state index in [1.54, 1.807) is 30.5 Å². The zero-order valence-corrected chi connectivity index (χ0v) is 8.43. The maximum absolute atomic E-state index is 11.0. The first kappa shape index (κ1) is 11.2. The molecule has 15 heavy (non-hydrogen) atoms. The lowest BCUT2D eigenvalue weighted by atomic mass is 10.1. The molecule has 1 rings (SSSR count). The Morgan fingerprint density at radius 3 is 2.40 bits per heavy atom. The molecule has 4 nitrogen and oxygen atoms in total. The Labute approximate surface area is 88.4 Å². The standard InChI is InChI=1S/C11H11N2O2/c1-9(15)13(8-12)11-4-2-10(3-5-11)6-7-14/h2-5H,6-7H2,1H3. The van der Waals surface area contributed by atoms with E-state index in [0.717, 1.165) is 10.5 Å².